The predicted octanol–water partition coefficient (Wildman–Crippen LogP) is 4.44. The molecule has 12 heteroatoms. The van der Waals surface area contributed by atoms with Gasteiger partial charge in [0.1, 0.15) is 5.52 Å². The van der Waals surface area contributed by atoms with E-state index in [-0.39, 0.29) is 11.7 Å². The Hall–Kier alpha value is -3.35. The number of halogens is 3. The van der Waals surface area contributed by atoms with Gasteiger partial charge in [0.2, 0.25) is 0 Å². The Kier molecular flexibility index (Phi) is 7.70. The average Bonchev–Trinajstić information content (AvgIpc) is 3.17. The van der Waals surface area contributed by atoms with E-state index in [1.54, 1.807) is 17.8 Å². The highest BCUT2D eigenvalue weighted by molar-refractivity contribution is 6.02. The number of aromatic nitrogens is 5. The van der Waals surface area contributed by atoms with Crippen molar-refractivity contribution >= 4 is 22.1 Å². The topological polar surface area (TPSA) is 87.3 Å². The largest absolute Gasteiger partial charge is 0.522 e. The lowest BCUT2D eigenvalue weighted by Crippen LogP contribution is -2.40. The minimum absolute atomic E-state index is 0.0339. The van der Waals surface area contributed by atoms with E-state index in [1.165, 1.54) is 4.57 Å². The summed E-state index contributed by atoms with van der Waals surface area (Å²) < 4.78 is 50.2. The third-order valence-corrected chi connectivity index (χ3v) is 7.08. The van der Waals surface area contributed by atoms with Gasteiger partial charge in [-0.2, -0.15) is 0 Å². The molecule has 4 heterocycles. The van der Waals surface area contributed by atoms with Crippen molar-refractivity contribution in [2.45, 2.75) is 51.8 Å². The van der Waals surface area contributed by atoms with Crippen LogP contribution in [0.25, 0.3) is 33.2 Å². The van der Waals surface area contributed by atoms with Crippen molar-refractivity contribution in [3.8, 4) is 11.1 Å². The molecule has 3 aromatic heterocycles. The summed E-state index contributed by atoms with van der Waals surface area (Å²) in [5, 5.41) is 9.45. The Morgan fingerprint density at radius 2 is 1.82 bits per heavy atom. The van der Waals surface area contributed by atoms with Crippen LogP contribution in [0.4, 0.5) is 13.2 Å². The first-order valence-corrected chi connectivity index (χ1v) is 13.0. The summed E-state index contributed by atoms with van der Waals surface area (Å²) >= 11 is 0. The van der Waals surface area contributed by atoms with Crippen LogP contribution in [0.3, 0.4) is 0 Å². The zero-order chi connectivity index (χ0) is 27.7. The Morgan fingerprint density at radius 3 is 2.49 bits per heavy atom. The maximum absolute atomic E-state index is 12.8. The van der Waals surface area contributed by atoms with Crippen molar-refractivity contribution < 1.29 is 22.6 Å². The molecule has 0 saturated carbocycles. The van der Waals surface area contributed by atoms with Crippen LogP contribution in [-0.4, -0.2) is 67.9 Å². The molecule has 0 spiro atoms. The normalized spacial score (nSPS) is 15.7. The SMILES string of the molecule is CC(C)n1c(=O)n(C)c2nnc3ccc(-c4ccc(COCCN5CCC(OC(F)(F)F)CC5)nc4)cc3c21. The second-order valence-electron chi connectivity index (χ2n) is 10.1. The van der Waals surface area contributed by atoms with E-state index in [9.17, 15) is 18.0 Å². The predicted molar refractivity (Wildman–Crippen MR) is 140 cm³/mol. The number of ether oxygens (including phenoxy) is 2. The number of imidazole rings is 1. The second-order valence-corrected chi connectivity index (χ2v) is 10.1. The minimum atomic E-state index is -4.58. The second kappa shape index (κ2) is 11.0. The molecule has 9 nitrogen and oxygen atoms in total. The lowest BCUT2D eigenvalue weighted by Gasteiger charge is -2.31. The number of alkyl halides is 3. The fourth-order valence-corrected chi connectivity index (χ4v) is 5.04. The summed E-state index contributed by atoms with van der Waals surface area (Å²) in [4.78, 5) is 19.4. The first-order valence-electron chi connectivity index (χ1n) is 13.0. The summed E-state index contributed by atoms with van der Waals surface area (Å²) in [6.07, 6.45) is -2.84. The monoisotopic (exact) mass is 544 g/mol. The lowest BCUT2D eigenvalue weighted by molar-refractivity contribution is -0.345. The van der Waals surface area contributed by atoms with Crippen LogP contribution in [0.1, 0.15) is 38.4 Å². The standard InChI is InChI=1S/C27H31F3N6O3/c1-17(2)36-24-22-14-18(5-7-23(22)32-33-25(24)34(3)26(36)37)19-4-6-20(31-15-19)16-38-13-12-35-10-8-21(9-11-35)39-27(28,29)30/h4-7,14-15,17,21H,8-13,16H2,1-3H3. The molecular weight excluding hydrogens is 513 g/mol. The first kappa shape index (κ1) is 27.2. The first-order chi connectivity index (χ1) is 18.6. The van der Waals surface area contributed by atoms with Gasteiger partial charge in [-0.15, -0.1) is 23.4 Å². The maximum Gasteiger partial charge on any atom is 0.522 e. The fraction of sp³-hybridized carbons (Fsp3) is 0.481. The van der Waals surface area contributed by atoms with Crippen LogP contribution in [-0.2, 0) is 23.1 Å². The number of piperidine rings is 1. The molecular formula is C27H31F3N6O3. The molecule has 208 valence electrons. The van der Waals surface area contributed by atoms with Crippen LogP contribution < -0.4 is 5.69 Å². The van der Waals surface area contributed by atoms with Gasteiger partial charge >= 0.3 is 12.1 Å². The number of hydrogen-bond donors (Lipinski definition) is 0. The highest BCUT2D eigenvalue weighted by Gasteiger charge is 2.34. The van der Waals surface area contributed by atoms with E-state index in [4.69, 9.17) is 4.74 Å². The van der Waals surface area contributed by atoms with Crippen LogP contribution in [0, 0.1) is 0 Å². The maximum atomic E-state index is 12.8. The van der Waals surface area contributed by atoms with Crippen LogP contribution >= 0.6 is 0 Å². The summed E-state index contributed by atoms with van der Waals surface area (Å²) in [6, 6.07) is 9.72. The van der Waals surface area contributed by atoms with E-state index >= 15 is 0 Å². The van der Waals surface area contributed by atoms with Crippen molar-refractivity contribution in [3.63, 3.8) is 0 Å². The van der Waals surface area contributed by atoms with E-state index in [0.29, 0.717) is 56.9 Å². The summed E-state index contributed by atoms with van der Waals surface area (Å²) in [5.74, 6) is 0. The van der Waals surface area contributed by atoms with Gasteiger partial charge in [0.05, 0.1) is 30.5 Å². The van der Waals surface area contributed by atoms with Gasteiger partial charge in [0, 0.05) is 49.9 Å². The smallest absolute Gasteiger partial charge is 0.374 e. The molecule has 0 amide bonds. The molecule has 5 rings (SSSR count). The van der Waals surface area contributed by atoms with Gasteiger partial charge in [-0.05, 0) is 50.5 Å². The summed E-state index contributed by atoms with van der Waals surface area (Å²) in [6.45, 7) is 6.49. The zero-order valence-electron chi connectivity index (χ0n) is 22.1. The molecule has 1 aromatic carbocycles. The molecule has 39 heavy (non-hydrogen) atoms. The third kappa shape index (κ3) is 5.97. The number of hydrogen-bond acceptors (Lipinski definition) is 7. The van der Waals surface area contributed by atoms with Crippen LogP contribution in [0.15, 0.2) is 41.3 Å². The molecule has 4 aromatic rings. The van der Waals surface area contributed by atoms with E-state index in [2.05, 4.69) is 24.8 Å². The van der Waals surface area contributed by atoms with Gasteiger partial charge < -0.3 is 9.64 Å². The Labute approximate surface area is 223 Å². The van der Waals surface area contributed by atoms with Crippen molar-refractivity contribution in [2.24, 2.45) is 7.05 Å². The number of pyridine rings is 1. The third-order valence-electron chi connectivity index (χ3n) is 7.08. The molecule has 0 aliphatic carbocycles. The molecule has 0 N–H and O–H groups in total. The quantitative estimate of drug-likeness (QED) is 0.303. The molecule has 0 radical (unpaired) electrons. The Bertz CT molecular complexity index is 1510. The Balaban J connectivity index is 1.21. The van der Waals surface area contributed by atoms with Gasteiger partial charge in [-0.25, -0.2) is 4.79 Å². The van der Waals surface area contributed by atoms with Gasteiger partial charge in [-0.3, -0.25) is 18.9 Å². The highest BCUT2D eigenvalue weighted by atomic mass is 19.4. The van der Waals surface area contributed by atoms with Gasteiger partial charge in [0.15, 0.2) is 5.65 Å². The molecule has 0 bridgehead atoms. The number of benzene rings is 1. The average molecular weight is 545 g/mol. The number of rotatable bonds is 8. The molecule has 0 atom stereocenters. The van der Waals surface area contributed by atoms with Crippen molar-refractivity contribution in [1.29, 1.82) is 0 Å². The number of likely N-dealkylation sites (tertiary alicyclic amines) is 1. The van der Waals surface area contributed by atoms with Crippen molar-refractivity contribution in [3.05, 3.63) is 52.7 Å². The van der Waals surface area contributed by atoms with Crippen molar-refractivity contribution in [1.82, 2.24) is 29.2 Å². The molecule has 1 aliphatic heterocycles. The number of nitrogens with zero attached hydrogens (tertiary/aromatic N) is 6. The molecule has 0 unspecified atom stereocenters. The fourth-order valence-electron chi connectivity index (χ4n) is 5.04. The van der Waals surface area contributed by atoms with E-state index in [1.807, 2.05) is 44.2 Å². The molecule has 1 fully saturated rings. The van der Waals surface area contributed by atoms with E-state index < -0.39 is 12.5 Å². The Morgan fingerprint density at radius 1 is 1.08 bits per heavy atom. The number of fused-ring (bicyclic) bond motifs is 3. The van der Waals surface area contributed by atoms with E-state index in [0.717, 1.165) is 27.7 Å². The lowest BCUT2D eigenvalue weighted by atomic mass is 10.0. The number of aryl methyl sites for hydroxylation is 1. The minimum Gasteiger partial charge on any atom is -0.374 e. The zero-order valence-corrected chi connectivity index (χ0v) is 22.1. The molecule has 1 aliphatic rings. The van der Waals surface area contributed by atoms with Crippen LogP contribution in [0.2, 0.25) is 0 Å². The van der Waals surface area contributed by atoms with Crippen LogP contribution in [0.5, 0.6) is 0 Å². The summed E-state index contributed by atoms with van der Waals surface area (Å²) in [5.41, 5.74) is 4.54. The van der Waals surface area contributed by atoms with Crippen molar-refractivity contribution in [2.75, 3.05) is 26.2 Å². The van der Waals surface area contributed by atoms with Gasteiger partial charge in [0.25, 0.3) is 0 Å². The summed E-state index contributed by atoms with van der Waals surface area (Å²) in [7, 11) is 1.70. The molecule has 1 saturated heterocycles. The van der Waals surface area contributed by atoms with Gasteiger partial charge in [-0.1, -0.05) is 12.1 Å². The highest BCUT2D eigenvalue weighted by Crippen LogP contribution is 2.29.